The SMILES string of the molecule is N#Cc1cnn2c1N(C(=O)CN1CCN(Cc3cnn(-c4ccccc4)n3)CC1)CC=C2c1cccc(C(F)(F)F)c1. The number of para-hydroxylation sites is 1. The molecule has 2 aliphatic rings. The number of nitriles is 1. The molecule has 0 radical (unpaired) electrons. The molecule has 4 heterocycles. The van der Waals surface area contributed by atoms with Crippen LogP contribution in [0.2, 0.25) is 0 Å². The second-order valence-electron chi connectivity index (χ2n) is 10.1. The number of carbonyl (C=O) groups is 1. The zero-order valence-corrected chi connectivity index (χ0v) is 22.4. The molecular formula is C29H26F3N9O. The average molecular weight is 574 g/mol. The first-order chi connectivity index (χ1) is 20.3. The maximum absolute atomic E-state index is 13.5. The summed E-state index contributed by atoms with van der Waals surface area (Å²) in [6, 6.07) is 16.7. The van der Waals surface area contributed by atoms with Crippen LogP contribution in [0.4, 0.5) is 19.0 Å². The lowest BCUT2D eigenvalue weighted by Gasteiger charge is -2.35. The van der Waals surface area contributed by atoms with E-state index in [1.165, 1.54) is 21.8 Å². The number of aromatic nitrogens is 5. The predicted octanol–water partition coefficient (Wildman–Crippen LogP) is 3.41. The molecule has 42 heavy (non-hydrogen) atoms. The average Bonchev–Trinajstić information content (AvgIpc) is 3.65. The Bertz CT molecular complexity index is 1660. The zero-order chi connectivity index (χ0) is 29.3. The number of carbonyl (C=O) groups excluding carboxylic acids is 1. The molecule has 2 aliphatic heterocycles. The number of alkyl halides is 3. The Kier molecular flexibility index (Phi) is 7.32. The normalized spacial score (nSPS) is 16.1. The molecule has 0 aliphatic carbocycles. The van der Waals surface area contributed by atoms with Crippen LogP contribution < -0.4 is 4.90 Å². The number of benzene rings is 2. The van der Waals surface area contributed by atoms with Gasteiger partial charge in [0.1, 0.15) is 11.6 Å². The largest absolute Gasteiger partial charge is 0.416 e. The van der Waals surface area contributed by atoms with Crippen LogP contribution in [0, 0.1) is 11.3 Å². The third-order valence-electron chi connectivity index (χ3n) is 7.34. The summed E-state index contributed by atoms with van der Waals surface area (Å²) in [6.45, 7) is 3.72. The van der Waals surface area contributed by atoms with Gasteiger partial charge in [0.25, 0.3) is 0 Å². The molecule has 4 aromatic rings. The van der Waals surface area contributed by atoms with Gasteiger partial charge in [-0.05, 0) is 30.3 Å². The highest BCUT2D eigenvalue weighted by Crippen LogP contribution is 2.34. The highest BCUT2D eigenvalue weighted by atomic mass is 19.4. The van der Waals surface area contributed by atoms with Crippen LogP contribution in [0.25, 0.3) is 11.4 Å². The summed E-state index contributed by atoms with van der Waals surface area (Å²) in [4.78, 5) is 20.8. The molecule has 10 nitrogen and oxygen atoms in total. The van der Waals surface area contributed by atoms with E-state index in [0.29, 0.717) is 30.9 Å². The third-order valence-corrected chi connectivity index (χ3v) is 7.34. The summed E-state index contributed by atoms with van der Waals surface area (Å²) in [5.74, 6) is 0.0457. The molecule has 6 rings (SSSR count). The molecule has 2 aromatic heterocycles. The van der Waals surface area contributed by atoms with Crippen molar-refractivity contribution in [3.8, 4) is 11.8 Å². The van der Waals surface area contributed by atoms with Crippen LogP contribution in [0.3, 0.4) is 0 Å². The van der Waals surface area contributed by atoms with Gasteiger partial charge >= 0.3 is 6.18 Å². The van der Waals surface area contributed by atoms with E-state index in [4.69, 9.17) is 0 Å². The molecule has 1 amide bonds. The Hall–Kier alpha value is -4.80. The Morgan fingerprint density at radius 3 is 2.45 bits per heavy atom. The van der Waals surface area contributed by atoms with E-state index in [0.717, 1.165) is 36.6 Å². The molecule has 0 N–H and O–H groups in total. The second-order valence-corrected chi connectivity index (χ2v) is 10.1. The lowest BCUT2D eigenvalue weighted by molar-refractivity contribution is -0.137. The number of piperazine rings is 1. The van der Waals surface area contributed by atoms with Crippen LogP contribution in [-0.4, -0.2) is 79.7 Å². The number of fused-ring (bicyclic) bond motifs is 1. The predicted molar refractivity (Wildman–Crippen MR) is 147 cm³/mol. The van der Waals surface area contributed by atoms with Gasteiger partial charge in [-0.15, -0.1) is 0 Å². The lowest BCUT2D eigenvalue weighted by Crippen LogP contribution is -2.50. The minimum Gasteiger partial charge on any atom is -0.295 e. The van der Waals surface area contributed by atoms with Crippen molar-refractivity contribution in [1.82, 2.24) is 34.6 Å². The monoisotopic (exact) mass is 573 g/mol. The van der Waals surface area contributed by atoms with Crippen molar-refractivity contribution >= 4 is 17.4 Å². The molecule has 13 heteroatoms. The van der Waals surface area contributed by atoms with Gasteiger partial charge in [-0.25, -0.2) is 4.68 Å². The van der Waals surface area contributed by atoms with Crippen molar-refractivity contribution < 1.29 is 18.0 Å². The number of anilines is 1. The Morgan fingerprint density at radius 1 is 0.952 bits per heavy atom. The van der Waals surface area contributed by atoms with E-state index in [1.807, 2.05) is 30.3 Å². The Labute approximate surface area is 239 Å². The van der Waals surface area contributed by atoms with E-state index in [-0.39, 0.29) is 30.4 Å². The molecule has 0 bridgehead atoms. The van der Waals surface area contributed by atoms with Crippen LogP contribution in [0.15, 0.2) is 73.1 Å². The van der Waals surface area contributed by atoms with Gasteiger partial charge in [0.2, 0.25) is 5.91 Å². The van der Waals surface area contributed by atoms with Crippen molar-refractivity contribution in [2.75, 3.05) is 44.2 Å². The first-order valence-electron chi connectivity index (χ1n) is 13.4. The van der Waals surface area contributed by atoms with E-state index in [1.54, 1.807) is 23.1 Å². The minimum atomic E-state index is -4.50. The van der Waals surface area contributed by atoms with Crippen LogP contribution in [0.5, 0.6) is 0 Å². The standard InChI is InChI=1S/C29H26F3N9O/c30-29(31,32)23-6-4-5-21(15-23)26-9-10-39(28-22(16-33)17-34-40(26)28)27(42)20-38-13-11-37(12-14-38)19-24-18-35-41(36-24)25-7-2-1-3-8-25/h1-9,15,17-18H,10-14,19-20H2. The fourth-order valence-corrected chi connectivity index (χ4v) is 5.19. The quantitative estimate of drug-likeness (QED) is 0.349. The van der Waals surface area contributed by atoms with Crippen molar-refractivity contribution in [3.05, 3.63) is 95.5 Å². The number of rotatable bonds is 6. The van der Waals surface area contributed by atoms with Gasteiger partial charge < -0.3 is 0 Å². The number of nitrogens with zero attached hydrogens (tertiary/aromatic N) is 9. The minimum absolute atomic E-state index is 0.113. The molecule has 0 spiro atoms. The van der Waals surface area contributed by atoms with Gasteiger partial charge in [-0.3, -0.25) is 19.5 Å². The Balaban J connectivity index is 1.10. The second kappa shape index (κ2) is 11.2. The lowest BCUT2D eigenvalue weighted by atomic mass is 10.1. The first kappa shape index (κ1) is 27.4. The number of hydrogen-bond acceptors (Lipinski definition) is 7. The van der Waals surface area contributed by atoms with Crippen LogP contribution in [0.1, 0.15) is 22.4 Å². The number of amides is 1. The molecule has 1 saturated heterocycles. The fourth-order valence-electron chi connectivity index (χ4n) is 5.19. The topological polar surface area (TPSA) is 99.1 Å². The van der Waals surface area contributed by atoms with Crippen molar-refractivity contribution in [2.24, 2.45) is 0 Å². The summed E-state index contributed by atoms with van der Waals surface area (Å²) in [7, 11) is 0. The van der Waals surface area contributed by atoms with E-state index in [2.05, 4.69) is 31.2 Å². The van der Waals surface area contributed by atoms with E-state index >= 15 is 0 Å². The molecule has 0 saturated carbocycles. The van der Waals surface area contributed by atoms with E-state index < -0.39 is 11.7 Å². The summed E-state index contributed by atoms with van der Waals surface area (Å²) < 4.78 is 41.4. The summed E-state index contributed by atoms with van der Waals surface area (Å²) in [5, 5.41) is 22.9. The van der Waals surface area contributed by atoms with Crippen LogP contribution in [-0.2, 0) is 17.5 Å². The van der Waals surface area contributed by atoms with Crippen LogP contribution >= 0.6 is 0 Å². The highest BCUT2D eigenvalue weighted by Gasteiger charge is 2.33. The summed E-state index contributed by atoms with van der Waals surface area (Å²) in [6.07, 6.45) is 0.253. The van der Waals surface area contributed by atoms with E-state index in [9.17, 15) is 23.2 Å². The summed E-state index contributed by atoms with van der Waals surface area (Å²) >= 11 is 0. The molecular weight excluding hydrogens is 547 g/mol. The molecule has 2 aromatic carbocycles. The summed E-state index contributed by atoms with van der Waals surface area (Å²) in [5.41, 5.74) is 1.83. The van der Waals surface area contributed by atoms with Gasteiger partial charge in [0, 0.05) is 44.8 Å². The van der Waals surface area contributed by atoms with Gasteiger partial charge in [0.15, 0.2) is 5.82 Å². The zero-order valence-electron chi connectivity index (χ0n) is 22.4. The fraction of sp³-hybridized carbons (Fsp3) is 0.276. The highest BCUT2D eigenvalue weighted by molar-refractivity contribution is 5.97. The van der Waals surface area contributed by atoms with Crippen molar-refractivity contribution in [2.45, 2.75) is 12.7 Å². The maximum Gasteiger partial charge on any atom is 0.416 e. The molecule has 1 fully saturated rings. The van der Waals surface area contributed by atoms with Gasteiger partial charge in [0.05, 0.1) is 41.6 Å². The molecule has 0 atom stereocenters. The Morgan fingerprint density at radius 2 is 1.71 bits per heavy atom. The van der Waals surface area contributed by atoms with Crippen molar-refractivity contribution in [1.29, 1.82) is 5.26 Å². The maximum atomic E-state index is 13.5. The molecule has 0 unspecified atom stereocenters. The first-order valence-corrected chi connectivity index (χ1v) is 13.4. The number of halogens is 3. The van der Waals surface area contributed by atoms with Crippen molar-refractivity contribution in [3.63, 3.8) is 0 Å². The molecule has 214 valence electrons. The smallest absolute Gasteiger partial charge is 0.295 e. The third kappa shape index (κ3) is 5.54. The number of hydrogen-bond donors (Lipinski definition) is 0. The van der Waals surface area contributed by atoms with Gasteiger partial charge in [-0.1, -0.05) is 30.3 Å². The van der Waals surface area contributed by atoms with Gasteiger partial charge in [-0.2, -0.15) is 38.5 Å².